The van der Waals surface area contributed by atoms with Gasteiger partial charge in [-0.25, -0.2) is 4.98 Å². The molecule has 1 atom stereocenters. The van der Waals surface area contributed by atoms with E-state index in [1.165, 1.54) is 31.4 Å². The van der Waals surface area contributed by atoms with Crippen molar-refractivity contribution in [3.05, 3.63) is 23.9 Å². The molecule has 0 N–H and O–H groups in total. The summed E-state index contributed by atoms with van der Waals surface area (Å²) in [6, 6.07) is 4.94. The molecule has 3 nitrogen and oxygen atoms in total. The maximum Gasteiger partial charge on any atom is 0.128 e. The summed E-state index contributed by atoms with van der Waals surface area (Å²) in [6.45, 7) is 4.35. The molecule has 0 aliphatic carbocycles. The van der Waals surface area contributed by atoms with Crippen molar-refractivity contribution in [1.82, 2.24) is 9.88 Å². The number of hydrogen-bond donors (Lipinski definition) is 0. The summed E-state index contributed by atoms with van der Waals surface area (Å²) in [7, 11) is 4.30. The molecule has 0 bridgehead atoms. The van der Waals surface area contributed by atoms with Gasteiger partial charge in [-0.15, -0.1) is 0 Å². The molecule has 1 aromatic heterocycles. The zero-order valence-corrected chi connectivity index (χ0v) is 11.2. The summed E-state index contributed by atoms with van der Waals surface area (Å²) in [5.41, 5.74) is 1.36. The van der Waals surface area contributed by atoms with Gasteiger partial charge in [0.25, 0.3) is 0 Å². The summed E-state index contributed by atoms with van der Waals surface area (Å²) >= 11 is 0. The molecule has 2 rings (SSSR count). The number of nitrogens with zero attached hydrogens (tertiary/aromatic N) is 3. The zero-order chi connectivity index (χ0) is 12.3. The van der Waals surface area contributed by atoms with Crippen molar-refractivity contribution in [2.24, 2.45) is 0 Å². The first-order chi connectivity index (χ1) is 8.22. The molecule has 1 fully saturated rings. The van der Waals surface area contributed by atoms with Crippen LogP contribution < -0.4 is 4.90 Å². The number of aromatic nitrogens is 1. The fraction of sp³-hybridized carbons (Fsp3) is 0.643. The Balaban J connectivity index is 2.11. The largest absolute Gasteiger partial charge is 0.360 e. The topological polar surface area (TPSA) is 19.4 Å². The van der Waals surface area contributed by atoms with Gasteiger partial charge in [0.2, 0.25) is 0 Å². The van der Waals surface area contributed by atoms with Crippen molar-refractivity contribution >= 4 is 5.82 Å². The van der Waals surface area contributed by atoms with E-state index in [0.29, 0.717) is 6.04 Å². The molecule has 1 aliphatic rings. The minimum absolute atomic E-state index is 0.567. The highest BCUT2D eigenvalue weighted by molar-refractivity contribution is 5.38. The first-order valence-electron chi connectivity index (χ1n) is 6.59. The second kappa shape index (κ2) is 5.50. The number of piperidine rings is 1. The van der Waals surface area contributed by atoms with Gasteiger partial charge < -0.3 is 4.90 Å². The van der Waals surface area contributed by atoms with E-state index in [4.69, 9.17) is 0 Å². The molecule has 0 aromatic carbocycles. The van der Waals surface area contributed by atoms with Crippen LogP contribution >= 0.6 is 0 Å². The average Bonchev–Trinajstić information content (AvgIpc) is 2.39. The van der Waals surface area contributed by atoms with Gasteiger partial charge in [-0.3, -0.25) is 4.90 Å². The van der Waals surface area contributed by atoms with E-state index in [2.05, 4.69) is 47.9 Å². The van der Waals surface area contributed by atoms with Crippen molar-refractivity contribution in [2.45, 2.75) is 32.2 Å². The monoisotopic (exact) mass is 233 g/mol. The molecule has 1 aromatic rings. The third-order valence-corrected chi connectivity index (χ3v) is 3.79. The standard InChI is InChI=1S/C14H23N3/c1-4-16(2)14-9-8-12(11-15-14)13-7-5-6-10-17(13)3/h8-9,11,13H,4-7,10H2,1-3H3/t13-/m1/s1. The molecular weight excluding hydrogens is 210 g/mol. The van der Waals surface area contributed by atoms with Crippen molar-refractivity contribution in [3.63, 3.8) is 0 Å². The summed E-state index contributed by atoms with van der Waals surface area (Å²) in [5.74, 6) is 1.06. The highest BCUT2D eigenvalue weighted by Crippen LogP contribution is 2.29. The maximum atomic E-state index is 4.56. The Morgan fingerprint density at radius 3 is 2.82 bits per heavy atom. The quantitative estimate of drug-likeness (QED) is 0.800. The Kier molecular flexibility index (Phi) is 4.00. The van der Waals surface area contributed by atoms with Crippen molar-refractivity contribution in [3.8, 4) is 0 Å². The summed E-state index contributed by atoms with van der Waals surface area (Å²) in [4.78, 5) is 9.17. The van der Waals surface area contributed by atoms with E-state index in [9.17, 15) is 0 Å². The molecule has 0 amide bonds. The van der Waals surface area contributed by atoms with Crippen molar-refractivity contribution in [2.75, 3.05) is 32.1 Å². The number of rotatable bonds is 3. The van der Waals surface area contributed by atoms with E-state index in [0.717, 1.165) is 12.4 Å². The van der Waals surface area contributed by atoms with Crippen LogP contribution in [0.25, 0.3) is 0 Å². The van der Waals surface area contributed by atoms with Gasteiger partial charge in [-0.05, 0) is 45.0 Å². The van der Waals surface area contributed by atoms with Gasteiger partial charge in [-0.2, -0.15) is 0 Å². The van der Waals surface area contributed by atoms with Gasteiger partial charge in [-0.1, -0.05) is 12.5 Å². The van der Waals surface area contributed by atoms with Crippen LogP contribution in [0.5, 0.6) is 0 Å². The van der Waals surface area contributed by atoms with Crippen LogP contribution in [0.15, 0.2) is 18.3 Å². The van der Waals surface area contributed by atoms with Gasteiger partial charge in [0, 0.05) is 25.8 Å². The highest BCUT2D eigenvalue weighted by atomic mass is 15.2. The molecule has 0 radical (unpaired) electrons. The second-order valence-electron chi connectivity index (χ2n) is 4.96. The Morgan fingerprint density at radius 1 is 1.41 bits per heavy atom. The maximum absolute atomic E-state index is 4.56. The highest BCUT2D eigenvalue weighted by Gasteiger charge is 2.20. The van der Waals surface area contributed by atoms with Crippen LogP contribution in [-0.4, -0.2) is 37.1 Å². The van der Waals surface area contributed by atoms with Gasteiger partial charge >= 0.3 is 0 Å². The lowest BCUT2D eigenvalue weighted by molar-refractivity contribution is 0.187. The van der Waals surface area contributed by atoms with E-state index in [1.54, 1.807) is 0 Å². The lowest BCUT2D eigenvalue weighted by atomic mass is 9.97. The van der Waals surface area contributed by atoms with Crippen LogP contribution in [0.3, 0.4) is 0 Å². The summed E-state index contributed by atoms with van der Waals surface area (Å²) < 4.78 is 0. The van der Waals surface area contributed by atoms with E-state index >= 15 is 0 Å². The number of likely N-dealkylation sites (tertiary alicyclic amines) is 1. The minimum atomic E-state index is 0.567. The number of pyridine rings is 1. The van der Waals surface area contributed by atoms with E-state index in [-0.39, 0.29) is 0 Å². The Morgan fingerprint density at radius 2 is 2.24 bits per heavy atom. The molecule has 0 saturated carbocycles. The SMILES string of the molecule is CCN(C)c1ccc([C@H]2CCCCN2C)cn1. The Hall–Kier alpha value is -1.09. The third-order valence-electron chi connectivity index (χ3n) is 3.79. The minimum Gasteiger partial charge on any atom is -0.360 e. The lowest BCUT2D eigenvalue weighted by Gasteiger charge is -2.32. The first-order valence-corrected chi connectivity index (χ1v) is 6.59. The predicted octanol–water partition coefficient (Wildman–Crippen LogP) is 2.69. The zero-order valence-electron chi connectivity index (χ0n) is 11.2. The molecule has 2 heterocycles. The van der Waals surface area contributed by atoms with Crippen LogP contribution in [0.1, 0.15) is 37.8 Å². The molecule has 0 spiro atoms. The second-order valence-corrected chi connectivity index (χ2v) is 4.96. The summed E-state index contributed by atoms with van der Waals surface area (Å²) in [6.07, 6.45) is 5.98. The molecule has 1 saturated heterocycles. The lowest BCUT2D eigenvalue weighted by Crippen LogP contribution is -2.29. The van der Waals surface area contributed by atoms with Crippen LogP contribution in [0.2, 0.25) is 0 Å². The summed E-state index contributed by atoms with van der Waals surface area (Å²) in [5, 5.41) is 0. The molecule has 1 aliphatic heterocycles. The normalized spacial score (nSPS) is 21.5. The fourth-order valence-corrected chi connectivity index (χ4v) is 2.48. The third kappa shape index (κ3) is 2.78. The van der Waals surface area contributed by atoms with Gasteiger partial charge in [0.05, 0.1) is 0 Å². The van der Waals surface area contributed by atoms with Gasteiger partial charge in [0.1, 0.15) is 5.82 Å². The molecular formula is C14H23N3. The smallest absolute Gasteiger partial charge is 0.128 e. The molecule has 3 heteroatoms. The van der Waals surface area contributed by atoms with Gasteiger partial charge in [0.15, 0.2) is 0 Å². The Bertz CT molecular complexity index is 347. The van der Waals surface area contributed by atoms with Crippen LogP contribution in [0.4, 0.5) is 5.82 Å². The number of hydrogen-bond acceptors (Lipinski definition) is 3. The number of anilines is 1. The first kappa shape index (κ1) is 12.4. The Labute approximate surface area is 104 Å². The fourth-order valence-electron chi connectivity index (χ4n) is 2.48. The van der Waals surface area contributed by atoms with Crippen LogP contribution in [0, 0.1) is 0 Å². The average molecular weight is 233 g/mol. The molecule has 94 valence electrons. The molecule has 0 unspecified atom stereocenters. The molecule has 17 heavy (non-hydrogen) atoms. The predicted molar refractivity (Wildman–Crippen MR) is 72.4 cm³/mol. The van der Waals surface area contributed by atoms with Crippen molar-refractivity contribution in [1.29, 1.82) is 0 Å². The van der Waals surface area contributed by atoms with E-state index in [1.807, 2.05) is 6.20 Å². The van der Waals surface area contributed by atoms with Crippen molar-refractivity contribution < 1.29 is 0 Å². The van der Waals surface area contributed by atoms with Crippen LogP contribution in [-0.2, 0) is 0 Å². The van der Waals surface area contributed by atoms with E-state index < -0.39 is 0 Å².